The lowest BCUT2D eigenvalue weighted by Gasteiger charge is -2.04. The maximum Gasteiger partial charge on any atom is 0.139 e. The average Bonchev–Trinajstić information content (AvgIpc) is 2.36. The summed E-state index contributed by atoms with van der Waals surface area (Å²) in [7, 11) is 0. The highest BCUT2D eigenvalue weighted by Crippen LogP contribution is 2.24. The molecule has 0 bridgehead atoms. The van der Waals surface area contributed by atoms with E-state index >= 15 is 0 Å². The zero-order chi connectivity index (χ0) is 13.0. The normalized spacial score (nSPS) is 10.6. The fourth-order valence-corrected chi connectivity index (χ4v) is 2.74. The zero-order valence-corrected chi connectivity index (χ0v) is 12.2. The first-order valence-corrected chi connectivity index (χ1v) is 7.35. The monoisotopic (exact) mass is 298 g/mol. The largest absolute Gasteiger partial charge is 0.237 e. The van der Waals surface area contributed by atoms with Crippen molar-refractivity contribution in [1.82, 2.24) is 9.97 Å². The minimum Gasteiger partial charge on any atom is -0.237 e. The number of thioether (sulfide) groups is 1. The van der Waals surface area contributed by atoms with Crippen LogP contribution in [0.25, 0.3) is 0 Å². The van der Waals surface area contributed by atoms with Gasteiger partial charge in [0.25, 0.3) is 0 Å². The van der Waals surface area contributed by atoms with Gasteiger partial charge in [0.2, 0.25) is 0 Å². The van der Waals surface area contributed by atoms with Crippen molar-refractivity contribution in [3.8, 4) is 0 Å². The molecular formula is C13H12Cl2N2S. The van der Waals surface area contributed by atoms with E-state index in [1.165, 1.54) is 0 Å². The summed E-state index contributed by atoms with van der Waals surface area (Å²) in [5.41, 5.74) is 1.81. The second-order valence-electron chi connectivity index (χ2n) is 3.80. The molecule has 1 aromatic carbocycles. The number of hydrogen-bond donors (Lipinski definition) is 0. The summed E-state index contributed by atoms with van der Waals surface area (Å²) in [4.78, 5) is 9.90. The minimum absolute atomic E-state index is 0.415. The molecule has 0 saturated carbocycles. The average molecular weight is 299 g/mol. The van der Waals surface area contributed by atoms with Gasteiger partial charge in [-0.15, -0.1) is 23.4 Å². The Labute approximate surface area is 121 Å². The van der Waals surface area contributed by atoms with E-state index in [-0.39, 0.29) is 0 Å². The molecule has 5 heteroatoms. The van der Waals surface area contributed by atoms with Gasteiger partial charge in [-0.05, 0) is 31.2 Å². The topological polar surface area (TPSA) is 25.8 Å². The summed E-state index contributed by atoms with van der Waals surface area (Å²) in [6, 6.07) is 9.66. The number of nitrogens with zero attached hydrogens (tertiary/aromatic N) is 2. The van der Waals surface area contributed by atoms with Crippen molar-refractivity contribution in [3.63, 3.8) is 0 Å². The fourth-order valence-electron chi connectivity index (χ4n) is 1.54. The van der Waals surface area contributed by atoms with E-state index in [9.17, 15) is 0 Å². The molecule has 0 unspecified atom stereocenters. The van der Waals surface area contributed by atoms with Crippen LogP contribution in [0.1, 0.15) is 17.2 Å². The second-order valence-corrected chi connectivity index (χ2v) is 5.55. The molecule has 0 amide bonds. The summed E-state index contributed by atoms with van der Waals surface area (Å²) in [6.07, 6.45) is 0. The van der Waals surface area contributed by atoms with Gasteiger partial charge >= 0.3 is 0 Å². The zero-order valence-electron chi connectivity index (χ0n) is 9.86. The van der Waals surface area contributed by atoms with Crippen LogP contribution in [0.5, 0.6) is 0 Å². The molecule has 2 rings (SSSR count). The summed E-state index contributed by atoms with van der Waals surface area (Å²) < 4.78 is 0. The third-order valence-corrected chi connectivity index (χ3v) is 3.75. The molecule has 0 aliphatic rings. The fraction of sp³-hybridized carbons (Fsp3) is 0.231. The first kappa shape index (κ1) is 13.7. The SMILES string of the molecule is Cc1cc(CCl)nc(CSc2cccc(Cl)c2)n1. The van der Waals surface area contributed by atoms with Crippen molar-refractivity contribution in [1.29, 1.82) is 0 Å². The molecule has 1 aromatic heterocycles. The molecule has 0 fully saturated rings. The van der Waals surface area contributed by atoms with Gasteiger partial charge in [0.1, 0.15) is 5.82 Å². The minimum atomic E-state index is 0.415. The van der Waals surface area contributed by atoms with Gasteiger partial charge in [-0.1, -0.05) is 17.7 Å². The van der Waals surface area contributed by atoms with Gasteiger partial charge in [-0.25, -0.2) is 9.97 Å². The van der Waals surface area contributed by atoms with E-state index < -0.39 is 0 Å². The quantitative estimate of drug-likeness (QED) is 0.615. The van der Waals surface area contributed by atoms with Gasteiger partial charge < -0.3 is 0 Å². The molecule has 0 radical (unpaired) electrons. The van der Waals surface area contributed by atoms with E-state index in [1.807, 2.05) is 37.3 Å². The maximum atomic E-state index is 5.94. The second kappa shape index (κ2) is 6.41. The lowest BCUT2D eigenvalue weighted by atomic mass is 10.3. The summed E-state index contributed by atoms with van der Waals surface area (Å²) in [6.45, 7) is 1.95. The van der Waals surface area contributed by atoms with Gasteiger partial charge in [-0.2, -0.15) is 0 Å². The molecule has 2 nitrogen and oxygen atoms in total. The molecule has 94 valence electrons. The third-order valence-electron chi connectivity index (χ3n) is 2.25. The molecular weight excluding hydrogens is 287 g/mol. The van der Waals surface area contributed by atoms with Crippen LogP contribution in [0.4, 0.5) is 0 Å². The van der Waals surface area contributed by atoms with E-state index in [0.717, 1.165) is 27.1 Å². The molecule has 0 aliphatic heterocycles. The molecule has 0 atom stereocenters. The maximum absolute atomic E-state index is 5.94. The number of halogens is 2. The summed E-state index contributed by atoms with van der Waals surface area (Å²) in [5, 5.41) is 0.742. The molecule has 0 spiro atoms. The van der Waals surface area contributed by atoms with Crippen LogP contribution in [0.3, 0.4) is 0 Å². The predicted molar refractivity (Wildman–Crippen MR) is 77.3 cm³/mol. The molecule has 0 N–H and O–H groups in total. The van der Waals surface area contributed by atoms with E-state index in [1.54, 1.807) is 11.8 Å². The van der Waals surface area contributed by atoms with Gasteiger partial charge in [0, 0.05) is 15.6 Å². The standard InChI is InChI=1S/C13H12Cl2N2S/c1-9-5-11(7-14)17-13(16-9)8-18-12-4-2-3-10(15)6-12/h2-6H,7-8H2,1H3. The molecule has 2 aromatic rings. The van der Waals surface area contributed by atoms with Crippen LogP contribution in [-0.2, 0) is 11.6 Å². The van der Waals surface area contributed by atoms with Crippen LogP contribution in [0.2, 0.25) is 5.02 Å². The van der Waals surface area contributed by atoms with Crippen molar-refractivity contribution >= 4 is 35.0 Å². The first-order valence-electron chi connectivity index (χ1n) is 5.45. The third kappa shape index (κ3) is 3.87. The van der Waals surface area contributed by atoms with Crippen LogP contribution >= 0.6 is 35.0 Å². The lowest BCUT2D eigenvalue weighted by Crippen LogP contribution is -1.98. The molecule has 1 heterocycles. The Morgan fingerprint density at radius 1 is 1.22 bits per heavy atom. The Bertz CT molecular complexity index is 546. The van der Waals surface area contributed by atoms with Crippen LogP contribution in [0, 0.1) is 6.92 Å². The van der Waals surface area contributed by atoms with Gasteiger partial charge in [0.05, 0.1) is 17.3 Å². The molecule has 18 heavy (non-hydrogen) atoms. The van der Waals surface area contributed by atoms with Crippen molar-refractivity contribution in [2.75, 3.05) is 0 Å². The van der Waals surface area contributed by atoms with Crippen LogP contribution in [-0.4, -0.2) is 9.97 Å². The van der Waals surface area contributed by atoms with Gasteiger partial charge in [-0.3, -0.25) is 0 Å². The van der Waals surface area contributed by atoms with E-state index in [2.05, 4.69) is 9.97 Å². The number of benzene rings is 1. The van der Waals surface area contributed by atoms with Gasteiger partial charge in [0.15, 0.2) is 0 Å². The van der Waals surface area contributed by atoms with E-state index in [0.29, 0.717) is 11.6 Å². The lowest BCUT2D eigenvalue weighted by molar-refractivity contribution is 0.955. The molecule has 0 saturated heterocycles. The number of hydrogen-bond acceptors (Lipinski definition) is 3. The van der Waals surface area contributed by atoms with Crippen molar-refractivity contribution in [2.45, 2.75) is 23.5 Å². The highest BCUT2D eigenvalue weighted by molar-refractivity contribution is 7.98. The number of aryl methyl sites for hydroxylation is 1. The van der Waals surface area contributed by atoms with Crippen LogP contribution < -0.4 is 0 Å². The Morgan fingerprint density at radius 2 is 2.06 bits per heavy atom. The highest BCUT2D eigenvalue weighted by Gasteiger charge is 2.03. The summed E-state index contributed by atoms with van der Waals surface area (Å²) in [5.74, 6) is 1.93. The highest BCUT2D eigenvalue weighted by atomic mass is 35.5. The number of rotatable bonds is 4. The number of aromatic nitrogens is 2. The number of alkyl halides is 1. The Morgan fingerprint density at radius 3 is 2.78 bits per heavy atom. The van der Waals surface area contributed by atoms with Crippen molar-refractivity contribution < 1.29 is 0 Å². The van der Waals surface area contributed by atoms with E-state index in [4.69, 9.17) is 23.2 Å². The predicted octanol–water partition coefficient (Wildman–Crippen LogP) is 4.47. The van der Waals surface area contributed by atoms with Crippen molar-refractivity contribution in [3.05, 3.63) is 52.6 Å². The van der Waals surface area contributed by atoms with Crippen LogP contribution in [0.15, 0.2) is 35.2 Å². The Hall–Kier alpha value is -0.770. The Kier molecular flexibility index (Phi) is 4.87. The molecule has 0 aliphatic carbocycles. The first-order chi connectivity index (χ1) is 8.67. The summed E-state index contributed by atoms with van der Waals surface area (Å²) >= 11 is 13.4. The van der Waals surface area contributed by atoms with Crippen molar-refractivity contribution in [2.24, 2.45) is 0 Å². The smallest absolute Gasteiger partial charge is 0.139 e. The Balaban J connectivity index is 2.08.